The molecule has 1 aliphatic rings. The Kier molecular flexibility index (Phi) is 4.50. The molecule has 1 aromatic carbocycles. The Hall–Kier alpha value is -1.25. The lowest BCUT2D eigenvalue weighted by Crippen LogP contribution is -2.23. The van der Waals surface area contributed by atoms with Gasteiger partial charge in [0.2, 0.25) is 0 Å². The molecule has 0 amide bonds. The van der Waals surface area contributed by atoms with Gasteiger partial charge in [-0.3, -0.25) is 0 Å². The van der Waals surface area contributed by atoms with Crippen LogP contribution >= 0.6 is 0 Å². The van der Waals surface area contributed by atoms with Crippen molar-refractivity contribution >= 4 is 0 Å². The molecular weight excluding hydrogens is 273 g/mol. The lowest BCUT2D eigenvalue weighted by molar-refractivity contribution is -0.137. The van der Waals surface area contributed by atoms with Gasteiger partial charge in [0.05, 0.1) is 5.56 Å². The van der Waals surface area contributed by atoms with Crippen molar-refractivity contribution in [1.29, 1.82) is 0 Å². The van der Waals surface area contributed by atoms with Crippen molar-refractivity contribution in [3.8, 4) is 0 Å². The molecule has 0 bridgehead atoms. The highest BCUT2D eigenvalue weighted by atomic mass is 19.4. The summed E-state index contributed by atoms with van der Waals surface area (Å²) in [5.41, 5.74) is 1.18. The van der Waals surface area contributed by atoms with Crippen LogP contribution in [0.25, 0.3) is 0 Å². The zero-order valence-corrected chi connectivity index (χ0v) is 12.8. The minimum absolute atomic E-state index is 0.264. The smallest absolute Gasteiger partial charge is 0.166 e. The van der Waals surface area contributed by atoms with Gasteiger partial charge in [-0.25, -0.2) is 0 Å². The van der Waals surface area contributed by atoms with Crippen LogP contribution in [0.3, 0.4) is 0 Å². The second-order valence-electron chi connectivity index (χ2n) is 6.64. The highest BCUT2D eigenvalue weighted by Gasteiger charge is 2.35. The van der Waals surface area contributed by atoms with Crippen molar-refractivity contribution in [2.45, 2.75) is 63.5 Å². The van der Waals surface area contributed by atoms with Gasteiger partial charge in [0.15, 0.2) is 0 Å². The Labute approximate surface area is 125 Å². The predicted molar refractivity (Wildman–Crippen MR) is 80.5 cm³/mol. The molecule has 2 rings (SSSR count). The van der Waals surface area contributed by atoms with E-state index in [1.807, 2.05) is 19.9 Å². The van der Waals surface area contributed by atoms with Crippen molar-refractivity contribution in [1.82, 2.24) is 0 Å². The first-order chi connectivity index (χ1) is 9.75. The second kappa shape index (κ2) is 5.86. The van der Waals surface area contributed by atoms with Crippen molar-refractivity contribution in [3.63, 3.8) is 0 Å². The van der Waals surface area contributed by atoms with Gasteiger partial charge in [0.25, 0.3) is 0 Å². The second-order valence-corrected chi connectivity index (χ2v) is 6.64. The Morgan fingerprint density at radius 1 is 1.24 bits per heavy atom. The van der Waals surface area contributed by atoms with Crippen LogP contribution in [0, 0.1) is 0 Å². The molecule has 0 aliphatic heterocycles. The highest BCUT2D eigenvalue weighted by Crippen LogP contribution is 2.44. The Bertz CT molecular complexity index is 508. The maximum absolute atomic E-state index is 13.0. The maximum Gasteiger partial charge on any atom is 0.416 e. The fourth-order valence-electron chi connectivity index (χ4n) is 2.99. The Balaban J connectivity index is 2.44. The lowest BCUT2D eigenvalue weighted by atomic mass is 9.70. The van der Waals surface area contributed by atoms with Crippen LogP contribution < -0.4 is 0 Å². The number of allylic oxidation sites excluding steroid dienone is 1. The van der Waals surface area contributed by atoms with Crippen molar-refractivity contribution in [3.05, 3.63) is 47.5 Å². The molecule has 0 aromatic heterocycles. The summed E-state index contributed by atoms with van der Waals surface area (Å²) >= 11 is 0. The molecule has 0 saturated heterocycles. The van der Waals surface area contributed by atoms with Crippen molar-refractivity contribution in [2.24, 2.45) is 0 Å². The Morgan fingerprint density at radius 3 is 2.38 bits per heavy atom. The standard InChI is InChI=1S/C18H23F3/c1-4-5-11-17(2,3)16-12-14(18(19,20)21)9-10-15(16)13-7-6-8-13/h4,9-10,12-13H,1,5-8,11H2,2-3H3. The van der Waals surface area contributed by atoms with E-state index in [0.29, 0.717) is 5.92 Å². The topological polar surface area (TPSA) is 0 Å². The Morgan fingerprint density at radius 2 is 1.90 bits per heavy atom. The molecule has 0 atom stereocenters. The summed E-state index contributed by atoms with van der Waals surface area (Å²) in [7, 11) is 0. The molecule has 0 unspecified atom stereocenters. The number of hydrogen-bond donors (Lipinski definition) is 0. The third-order valence-electron chi connectivity index (χ3n) is 4.63. The van der Waals surface area contributed by atoms with Crippen LogP contribution in [-0.2, 0) is 11.6 Å². The average molecular weight is 296 g/mol. The molecule has 116 valence electrons. The predicted octanol–water partition coefficient (Wildman–Crippen LogP) is 6.22. The third kappa shape index (κ3) is 3.50. The van der Waals surface area contributed by atoms with Crippen molar-refractivity contribution < 1.29 is 13.2 Å². The summed E-state index contributed by atoms with van der Waals surface area (Å²) in [5, 5.41) is 0. The van der Waals surface area contributed by atoms with Crippen LogP contribution in [0.1, 0.15) is 68.6 Å². The van der Waals surface area contributed by atoms with Crippen LogP contribution in [0.2, 0.25) is 0 Å². The molecule has 0 N–H and O–H groups in total. The summed E-state index contributed by atoms with van der Waals surface area (Å²) in [5.74, 6) is 0.435. The number of rotatable bonds is 5. The summed E-state index contributed by atoms with van der Waals surface area (Å²) in [4.78, 5) is 0. The first-order valence-corrected chi connectivity index (χ1v) is 7.58. The molecule has 0 spiro atoms. The largest absolute Gasteiger partial charge is 0.416 e. The van der Waals surface area contributed by atoms with Gasteiger partial charge < -0.3 is 0 Å². The zero-order valence-electron chi connectivity index (χ0n) is 12.8. The van der Waals surface area contributed by atoms with Gasteiger partial charge in [-0.15, -0.1) is 6.58 Å². The SMILES string of the molecule is C=CCCC(C)(C)c1cc(C(F)(F)F)ccc1C1CCC1. The van der Waals surface area contributed by atoms with E-state index in [0.717, 1.165) is 36.8 Å². The normalized spacial score (nSPS) is 16.6. The lowest BCUT2D eigenvalue weighted by Gasteiger charge is -2.34. The fraction of sp³-hybridized carbons (Fsp3) is 0.556. The van der Waals surface area contributed by atoms with E-state index in [2.05, 4.69) is 6.58 Å². The van der Waals surface area contributed by atoms with Gasteiger partial charge in [0, 0.05) is 0 Å². The van der Waals surface area contributed by atoms with E-state index in [-0.39, 0.29) is 5.41 Å². The minimum Gasteiger partial charge on any atom is -0.166 e. The first-order valence-electron chi connectivity index (χ1n) is 7.58. The molecule has 0 nitrogen and oxygen atoms in total. The average Bonchev–Trinajstić information content (AvgIpc) is 2.33. The summed E-state index contributed by atoms with van der Waals surface area (Å²) < 4.78 is 39.1. The van der Waals surface area contributed by atoms with E-state index in [9.17, 15) is 13.2 Å². The first kappa shape index (κ1) is 16.1. The molecular formula is C18H23F3. The van der Waals surface area contributed by atoms with E-state index in [1.54, 1.807) is 6.07 Å². The quantitative estimate of drug-likeness (QED) is 0.566. The molecule has 1 aliphatic carbocycles. The van der Waals surface area contributed by atoms with Crippen molar-refractivity contribution in [2.75, 3.05) is 0 Å². The van der Waals surface area contributed by atoms with Crippen LogP contribution in [0.4, 0.5) is 13.2 Å². The van der Waals surface area contributed by atoms with E-state index >= 15 is 0 Å². The third-order valence-corrected chi connectivity index (χ3v) is 4.63. The molecule has 21 heavy (non-hydrogen) atoms. The zero-order chi connectivity index (χ0) is 15.7. The fourth-order valence-corrected chi connectivity index (χ4v) is 2.99. The number of halogens is 3. The number of hydrogen-bond acceptors (Lipinski definition) is 0. The van der Waals surface area contributed by atoms with E-state index < -0.39 is 11.7 Å². The van der Waals surface area contributed by atoms with Crippen LogP contribution in [-0.4, -0.2) is 0 Å². The number of alkyl halides is 3. The number of benzene rings is 1. The highest BCUT2D eigenvalue weighted by molar-refractivity contribution is 5.41. The van der Waals surface area contributed by atoms with Gasteiger partial charge in [0.1, 0.15) is 0 Å². The monoisotopic (exact) mass is 296 g/mol. The summed E-state index contributed by atoms with van der Waals surface area (Å²) in [6.45, 7) is 7.79. The van der Waals surface area contributed by atoms with Gasteiger partial charge in [-0.05, 0) is 60.3 Å². The summed E-state index contributed by atoms with van der Waals surface area (Å²) in [6, 6.07) is 4.31. The van der Waals surface area contributed by atoms with E-state index in [4.69, 9.17) is 0 Å². The molecule has 1 saturated carbocycles. The van der Waals surface area contributed by atoms with E-state index in [1.165, 1.54) is 18.6 Å². The molecule has 0 radical (unpaired) electrons. The van der Waals surface area contributed by atoms with Crippen LogP contribution in [0.5, 0.6) is 0 Å². The summed E-state index contributed by atoms with van der Waals surface area (Å²) in [6.07, 6.45) is 2.55. The van der Waals surface area contributed by atoms with Gasteiger partial charge in [-0.2, -0.15) is 13.2 Å². The van der Waals surface area contributed by atoms with Crippen LogP contribution in [0.15, 0.2) is 30.9 Å². The maximum atomic E-state index is 13.0. The molecule has 0 heterocycles. The minimum atomic E-state index is -4.28. The van der Waals surface area contributed by atoms with Gasteiger partial charge >= 0.3 is 6.18 Å². The molecule has 1 fully saturated rings. The van der Waals surface area contributed by atoms with Gasteiger partial charge in [-0.1, -0.05) is 32.4 Å². The molecule has 1 aromatic rings. The molecule has 3 heteroatoms.